The largest absolute Gasteiger partial charge is 0.497 e. The molecule has 0 aliphatic carbocycles. The van der Waals surface area contributed by atoms with Gasteiger partial charge in [0.1, 0.15) is 5.75 Å². The van der Waals surface area contributed by atoms with E-state index in [2.05, 4.69) is 10.3 Å². The molecule has 3 aromatic rings. The molecule has 0 atom stereocenters. The summed E-state index contributed by atoms with van der Waals surface area (Å²) in [5.41, 5.74) is 3.61. The average Bonchev–Trinajstić information content (AvgIpc) is 3.02. The maximum atomic E-state index is 12.3. The zero-order chi connectivity index (χ0) is 16.9. The van der Waals surface area contributed by atoms with E-state index in [0.29, 0.717) is 6.42 Å². The predicted molar refractivity (Wildman–Crippen MR) is 97.6 cm³/mol. The molecule has 2 aromatic carbocycles. The summed E-state index contributed by atoms with van der Waals surface area (Å²) in [6.07, 6.45) is 0.303. The summed E-state index contributed by atoms with van der Waals surface area (Å²) in [5, 5.41) is 5.99. The van der Waals surface area contributed by atoms with Crippen molar-refractivity contribution in [1.29, 1.82) is 0 Å². The Labute approximate surface area is 145 Å². The maximum absolute atomic E-state index is 12.3. The van der Waals surface area contributed by atoms with Crippen LogP contribution in [-0.2, 0) is 11.2 Å². The lowest BCUT2D eigenvalue weighted by Crippen LogP contribution is -2.14. The number of amides is 1. The minimum atomic E-state index is -0.0603. The SMILES string of the molecule is COc1cccc(CC(=O)Nc2cccc(-c3csc(C)n3)c2)c1. The number of anilines is 1. The van der Waals surface area contributed by atoms with Gasteiger partial charge in [-0.05, 0) is 36.8 Å². The number of carbonyl (C=O) groups is 1. The molecule has 0 radical (unpaired) electrons. The number of aryl methyl sites for hydroxylation is 1. The van der Waals surface area contributed by atoms with Crippen LogP contribution in [0, 0.1) is 6.92 Å². The molecule has 1 amide bonds. The van der Waals surface area contributed by atoms with E-state index in [-0.39, 0.29) is 5.91 Å². The van der Waals surface area contributed by atoms with E-state index in [9.17, 15) is 4.79 Å². The molecular weight excluding hydrogens is 320 g/mol. The molecule has 0 bridgehead atoms. The van der Waals surface area contributed by atoms with E-state index < -0.39 is 0 Å². The standard InChI is InChI=1S/C19H18N2O2S/c1-13-20-18(12-24-13)15-6-4-7-16(11-15)21-19(22)10-14-5-3-8-17(9-14)23-2/h3-9,11-12H,10H2,1-2H3,(H,21,22). The molecule has 24 heavy (non-hydrogen) atoms. The molecule has 0 unspecified atom stereocenters. The average molecular weight is 338 g/mol. The molecule has 0 saturated heterocycles. The van der Waals surface area contributed by atoms with E-state index in [1.807, 2.05) is 60.8 Å². The Morgan fingerprint density at radius 2 is 2.04 bits per heavy atom. The number of nitrogens with zero attached hydrogens (tertiary/aromatic N) is 1. The summed E-state index contributed by atoms with van der Waals surface area (Å²) in [6, 6.07) is 15.3. The van der Waals surface area contributed by atoms with Crippen LogP contribution in [0.15, 0.2) is 53.9 Å². The van der Waals surface area contributed by atoms with Crippen LogP contribution in [0.5, 0.6) is 5.75 Å². The van der Waals surface area contributed by atoms with Gasteiger partial charge in [0.15, 0.2) is 0 Å². The van der Waals surface area contributed by atoms with Crippen LogP contribution in [0.3, 0.4) is 0 Å². The van der Waals surface area contributed by atoms with Gasteiger partial charge in [0, 0.05) is 16.6 Å². The number of hydrogen-bond donors (Lipinski definition) is 1. The second kappa shape index (κ2) is 7.27. The number of carbonyl (C=O) groups excluding carboxylic acids is 1. The van der Waals surface area contributed by atoms with Crippen molar-refractivity contribution in [3.05, 3.63) is 64.5 Å². The summed E-state index contributed by atoms with van der Waals surface area (Å²) in [5.74, 6) is 0.691. The number of thiazole rings is 1. The van der Waals surface area contributed by atoms with Crippen molar-refractivity contribution in [2.75, 3.05) is 12.4 Å². The molecule has 0 fully saturated rings. The van der Waals surface area contributed by atoms with Crippen molar-refractivity contribution >= 4 is 22.9 Å². The number of ether oxygens (including phenoxy) is 1. The first-order chi connectivity index (χ1) is 11.6. The molecule has 4 nitrogen and oxygen atoms in total. The third kappa shape index (κ3) is 4.00. The monoisotopic (exact) mass is 338 g/mol. The number of nitrogens with one attached hydrogen (secondary N) is 1. The van der Waals surface area contributed by atoms with Crippen LogP contribution in [0.1, 0.15) is 10.6 Å². The summed E-state index contributed by atoms with van der Waals surface area (Å²) < 4.78 is 5.18. The molecule has 0 aliphatic heterocycles. The molecule has 0 spiro atoms. The Balaban J connectivity index is 1.70. The van der Waals surface area contributed by atoms with Crippen molar-refractivity contribution < 1.29 is 9.53 Å². The van der Waals surface area contributed by atoms with Crippen LogP contribution in [0.4, 0.5) is 5.69 Å². The third-order valence-electron chi connectivity index (χ3n) is 3.56. The van der Waals surface area contributed by atoms with Crippen molar-refractivity contribution in [2.45, 2.75) is 13.3 Å². The Hall–Kier alpha value is -2.66. The highest BCUT2D eigenvalue weighted by Crippen LogP contribution is 2.24. The lowest BCUT2D eigenvalue weighted by Gasteiger charge is -2.08. The molecule has 122 valence electrons. The summed E-state index contributed by atoms with van der Waals surface area (Å²) in [6.45, 7) is 1.98. The molecular formula is C19H18N2O2S. The molecule has 1 N–H and O–H groups in total. The first-order valence-corrected chi connectivity index (χ1v) is 8.47. The predicted octanol–water partition coefficient (Wildman–Crippen LogP) is 4.31. The molecule has 5 heteroatoms. The van der Waals surface area contributed by atoms with Crippen molar-refractivity contribution in [3.63, 3.8) is 0 Å². The second-order valence-electron chi connectivity index (χ2n) is 5.41. The first kappa shape index (κ1) is 16.2. The number of benzene rings is 2. The molecule has 1 heterocycles. The van der Waals surface area contributed by atoms with Gasteiger partial charge in [-0.3, -0.25) is 4.79 Å². The lowest BCUT2D eigenvalue weighted by molar-refractivity contribution is -0.115. The summed E-state index contributed by atoms with van der Waals surface area (Å²) in [4.78, 5) is 16.7. The number of methoxy groups -OCH3 is 1. The second-order valence-corrected chi connectivity index (χ2v) is 6.47. The van der Waals surface area contributed by atoms with Gasteiger partial charge in [-0.15, -0.1) is 11.3 Å². The van der Waals surface area contributed by atoms with Crippen molar-refractivity contribution in [2.24, 2.45) is 0 Å². The molecule has 0 aliphatic rings. The van der Waals surface area contributed by atoms with Crippen LogP contribution in [0.25, 0.3) is 11.3 Å². The third-order valence-corrected chi connectivity index (χ3v) is 4.33. The zero-order valence-corrected chi connectivity index (χ0v) is 14.4. The Morgan fingerprint density at radius 3 is 2.79 bits per heavy atom. The minimum absolute atomic E-state index is 0.0603. The topological polar surface area (TPSA) is 51.2 Å². The van der Waals surface area contributed by atoms with Gasteiger partial charge in [0.25, 0.3) is 0 Å². The van der Waals surface area contributed by atoms with E-state index in [0.717, 1.165) is 33.3 Å². The highest BCUT2D eigenvalue weighted by atomic mass is 32.1. The normalized spacial score (nSPS) is 10.4. The minimum Gasteiger partial charge on any atom is -0.497 e. The Morgan fingerprint density at radius 1 is 1.21 bits per heavy atom. The summed E-state index contributed by atoms with van der Waals surface area (Å²) in [7, 11) is 1.62. The van der Waals surface area contributed by atoms with Gasteiger partial charge in [-0.1, -0.05) is 24.3 Å². The first-order valence-electron chi connectivity index (χ1n) is 7.59. The number of rotatable bonds is 5. The van der Waals surface area contributed by atoms with Crippen LogP contribution in [-0.4, -0.2) is 18.0 Å². The van der Waals surface area contributed by atoms with Crippen molar-refractivity contribution in [3.8, 4) is 17.0 Å². The molecule has 3 rings (SSSR count). The highest BCUT2D eigenvalue weighted by molar-refractivity contribution is 7.09. The lowest BCUT2D eigenvalue weighted by atomic mass is 10.1. The molecule has 1 aromatic heterocycles. The smallest absolute Gasteiger partial charge is 0.228 e. The fourth-order valence-electron chi connectivity index (χ4n) is 2.43. The highest BCUT2D eigenvalue weighted by Gasteiger charge is 2.07. The van der Waals surface area contributed by atoms with Crippen LogP contribution < -0.4 is 10.1 Å². The van der Waals surface area contributed by atoms with Crippen molar-refractivity contribution in [1.82, 2.24) is 4.98 Å². The van der Waals surface area contributed by atoms with Gasteiger partial charge in [-0.2, -0.15) is 0 Å². The summed E-state index contributed by atoms with van der Waals surface area (Å²) >= 11 is 1.61. The van der Waals surface area contributed by atoms with Gasteiger partial charge < -0.3 is 10.1 Å². The quantitative estimate of drug-likeness (QED) is 0.754. The van der Waals surface area contributed by atoms with Gasteiger partial charge >= 0.3 is 0 Å². The molecule has 0 saturated carbocycles. The van der Waals surface area contributed by atoms with Gasteiger partial charge in [0.05, 0.1) is 24.2 Å². The van der Waals surface area contributed by atoms with E-state index in [1.165, 1.54) is 0 Å². The number of aromatic nitrogens is 1. The Bertz CT molecular complexity index is 858. The number of hydrogen-bond acceptors (Lipinski definition) is 4. The fraction of sp³-hybridized carbons (Fsp3) is 0.158. The maximum Gasteiger partial charge on any atom is 0.228 e. The van der Waals surface area contributed by atoms with E-state index in [1.54, 1.807) is 18.4 Å². The van der Waals surface area contributed by atoms with Gasteiger partial charge in [0.2, 0.25) is 5.91 Å². The Kier molecular flexibility index (Phi) is 4.91. The zero-order valence-electron chi connectivity index (χ0n) is 13.6. The van der Waals surface area contributed by atoms with E-state index >= 15 is 0 Å². The van der Waals surface area contributed by atoms with E-state index in [4.69, 9.17) is 4.74 Å². The fourth-order valence-corrected chi connectivity index (χ4v) is 3.05. The van der Waals surface area contributed by atoms with Gasteiger partial charge in [-0.25, -0.2) is 4.98 Å². The van der Waals surface area contributed by atoms with Crippen LogP contribution in [0.2, 0.25) is 0 Å². The van der Waals surface area contributed by atoms with Crippen LogP contribution >= 0.6 is 11.3 Å².